The molecule has 92 valence electrons. The van der Waals surface area contributed by atoms with Gasteiger partial charge in [-0.15, -0.1) is 0 Å². The summed E-state index contributed by atoms with van der Waals surface area (Å²) in [6.45, 7) is 0. The molecule has 1 nitrogen and oxygen atoms in total. The molecule has 0 saturated heterocycles. The molecule has 1 saturated carbocycles. The second-order valence-electron chi connectivity index (χ2n) is 4.75. The Bertz CT molecular complexity index is 550. The summed E-state index contributed by atoms with van der Waals surface area (Å²) in [6.07, 6.45) is 1.24. The average molecular weight is 303 g/mol. The van der Waals surface area contributed by atoms with Gasteiger partial charge < -0.3 is 4.74 Å². The molecule has 2 aromatic carbocycles. The maximum atomic E-state index is 5.36. The topological polar surface area (TPSA) is 9.23 Å². The van der Waals surface area contributed by atoms with E-state index in [1.165, 1.54) is 17.5 Å². The summed E-state index contributed by atoms with van der Waals surface area (Å²) >= 11 is 3.50. The van der Waals surface area contributed by atoms with Gasteiger partial charge >= 0.3 is 0 Å². The normalized spacial score (nSPS) is 21.7. The lowest BCUT2D eigenvalue weighted by Gasteiger charge is -2.06. The number of hydrogen-bond acceptors (Lipinski definition) is 1. The Morgan fingerprint density at radius 3 is 2.44 bits per heavy atom. The molecule has 0 bridgehead atoms. The van der Waals surface area contributed by atoms with Crippen LogP contribution in [-0.4, -0.2) is 7.11 Å². The summed E-state index contributed by atoms with van der Waals surface area (Å²) in [5.74, 6) is 2.25. The number of rotatable bonds is 3. The van der Waals surface area contributed by atoms with Crippen LogP contribution >= 0.6 is 15.9 Å². The number of benzene rings is 2. The number of halogens is 1. The molecule has 1 aliphatic rings. The van der Waals surface area contributed by atoms with Crippen molar-refractivity contribution in [2.45, 2.75) is 18.3 Å². The number of methoxy groups -OCH3 is 1. The lowest BCUT2D eigenvalue weighted by Crippen LogP contribution is -1.88. The SMILES string of the molecule is COc1cc(C2CC2c2ccccc2)ccc1Br. The highest BCUT2D eigenvalue weighted by atomic mass is 79.9. The molecule has 2 heteroatoms. The van der Waals surface area contributed by atoms with Gasteiger partial charge in [0.15, 0.2) is 0 Å². The third-order valence-corrected chi connectivity index (χ3v) is 4.28. The van der Waals surface area contributed by atoms with Crippen molar-refractivity contribution >= 4 is 15.9 Å². The van der Waals surface area contributed by atoms with Gasteiger partial charge in [-0.3, -0.25) is 0 Å². The summed E-state index contributed by atoms with van der Waals surface area (Å²) in [4.78, 5) is 0. The molecule has 2 unspecified atom stereocenters. The van der Waals surface area contributed by atoms with Crippen molar-refractivity contribution < 1.29 is 4.74 Å². The molecule has 0 radical (unpaired) electrons. The van der Waals surface area contributed by atoms with Crippen LogP contribution in [0.5, 0.6) is 5.75 Å². The predicted molar refractivity (Wildman–Crippen MR) is 77.2 cm³/mol. The van der Waals surface area contributed by atoms with Crippen molar-refractivity contribution in [3.8, 4) is 5.75 Å². The molecule has 0 amide bonds. The summed E-state index contributed by atoms with van der Waals surface area (Å²) < 4.78 is 6.38. The van der Waals surface area contributed by atoms with Crippen molar-refractivity contribution in [1.29, 1.82) is 0 Å². The molecule has 18 heavy (non-hydrogen) atoms. The smallest absolute Gasteiger partial charge is 0.133 e. The summed E-state index contributed by atoms with van der Waals surface area (Å²) in [7, 11) is 1.71. The van der Waals surface area contributed by atoms with Crippen molar-refractivity contribution in [3.63, 3.8) is 0 Å². The van der Waals surface area contributed by atoms with Crippen LogP contribution in [0.15, 0.2) is 53.0 Å². The molecule has 2 aromatic rings. The highest BCUT2D eigenvalue weighted by molar-refractivity contribution is 9.10. The molecule has 1 fully saturated rings. The van der Waals surface area contributed by atoms with E-state index in [0.29, 0.717) is 11.8 Å². The van der Waals surface area contributed by atoms with E-state index in [9.17, 15) is 0 Å². The Morgan fingerprint density at radius 2 is 1.72 bits per heavy atom. The maximum absolute atomic E-state index is 5.36. The first-order valence-corrected chi connectivity index (χ1v) is 6.97. The van der Waals surface area contributed by atoms with E-state index in [-0.39, 0.29) is 0 Å². The third kappa shape index (κ3) is 2.17. The maximum Gasteiger partial charge on any atom is 0.133 e. The Labute approximate surface area is 116 Å². The number of hydrogen-bond donors (Lipinski definition) is 0. The Balaban J connectivity index is 1.82. The fourth-order valence-corrected chi connectivity index (χ4v) is 2.95. The second kappa shape index (κ2) is 4.77. The zero-order valence-corrected chi connectivity index (χ0v) is 11.9. The molecule has 0 aliphatic heterocycles. The zero-order valence-electron chi connectivity index (χ0n) is 10.3. The number of ether oxygens (including phenoxy) is 1. The van der Waals surface area contributed by atoms with Gasteiger partial charge in [-0.1, -0.05) is 36.4 Å². The van der Waals surface area contributed by atoms with Crippen molar-refractivity contribution in [3.05, 3.63) is 64.1 Å². The van der Waals surface area contributed by atoms with Gasteiger partial charge in [0.2, 0.25) is 0 Å². The Hall–Kier alpha value is -1.28. The van der Waals surface area contributed by atoms with Crippen molar-refractivity contribution in [1.82, 2.24) is 0 Å². The standard InChI is InChI=1S/C16H15BrO/c1-18-16-9-12(7-8-15(16)17)14-10-13(14)11-5-3-2-4-6-11/h2-9,13-14H,10H2,1H3. The first-order valence-electron chi connectivity index (χ1n) is 6.18. The molecule has 0 heterocycles. The highest BCUT2D eigenvalue weighted by Gasteiger charge is 2.39. The van der Waals surface area contributed by atoms with Gasteiger partial charge in [-0.05, 0) is 57.4 Å². The zero-order chi connectivity index (χ0) is 12.5. The fourth-order valence-electron chi connectivity index (χ4n) is 2.54. The second-order valence-corrected chi connectivity index (χ2v) is 5.61. The van der Waals surface area contributed by atoms with E-state index in [1.54, 1.807) is 7.11 Å². The van der Waals surface area contributed by atoms with Crippen LogP contribution in [0, 0.1) is 0 Å². The Morgan fingerprint density at radius 1 is 1.00 bits per heavy atom. The van der Waals surface area contributed by atoms with E-state index in [1.807, 2.05) is 0 Å². The minimum Gasteiger partial charge on any atom is -0.496 e. The van der Waals surface area contributed by atoms with E-state index in [2.05, 4.69) is 64.5 Å². The first kappa shape index (κ1) is 11.8. The fraction of sp³-hybridized carbons (Fsp3) is 0.250. The van der Waals surface area contributed by atoms with Gasteiger partial charge in [0.25, 0.3) is 0 Å². The lowest BCUT2D eigenvalue weighted by molar-refractivity contribution is 0.411. The Kier molecular flexibility index (Phi) is 3.13. The molecule has 0 aromatic heterocycles. The first-order chi connectivity index (χ1) is 8.79. The monoisotopic (exact) mass is 302 g/mol. The summed E-state index contributed by atoms with van der Waals surface area (Å²) in [5.41, 5.74) is 2.83. The highest BCUT2D eigenvalue weighted by Crippen LogP contribution is 2.55. The molecule has 3 rings (SSSR count). The molecule has 0 N–H and O–H groups in total. The molecule has 2 atom stereocenters. The molecule has 0 spiro atoms. The van der Waals surface area contributed by atoms with E-state index < -0.39 is 0 Å². The summed E-state index contributed by atoms with van der Waals surface area (Å²) in [5, 5.41) is 0. The van der Waals surface area contributed by atoms with Crippen LogP contribution in [0.4, 0.5) is 0 Å². The summed E-state index contributed by atoms with van der Waals surface area (Å²) in [6, 6.07) is 17.2. The van der Waals surface area contributed by atoms with Gasteiger partial charge in [0, 0.05) is 0 Å². The van der Waals surface area contributed by atoms with Gasteiger partial charge in [0.1, 0.15) is 5.75 Å². The molecular formula is C16H15BrO. The predicted octanol–water partition coefficient (Wildman–Crippen LogP) is 4.73. The quantitative estimate of drug-likeness (QED) is 0.796. The van der Waals surface area contributed by atoms with Crippen LogP contribution < -0.4 is 4.74 Å². The average Bonchev–Trinajstić information content (AvgIpc) is 3.21. The minimum absolute atomic E-state index is 0.648. The van der Waals surface area contributed by atoms with Gasteiger partial charge in [-0.25, -0.2) is 0 Å². The largest absolute Gasteiger partial charge is 0.496 e. The van der Waals surface area contributed by atoms with Crippen LogP contribution in [-0.2, 0) is 0 Å². The van der Waals surface area contributed by atoms with Crippen molar-refractivity contribution in [2.24, 2.45) is 0 Å². The van der Waals surface area contributed by atoms with Crippen LogP contribution in [0.25, 0.3) is 0 Å². The van der Waals surface area contributed by atoms with E-state index >= 15 is 0 Å². The molecular weight excluding hydrogens is 288 g/mol. The van der Waals surface area contributed by atoms with Crippen LogP contribution in [0.2, 0.25) is 0 Å². The third-order valence-electron chi connectivity index (χ3n) is 3.62. The van der Waals surface area contributed by atoms with E-state index in [4.69, 9.17) is 4.74 Å². The molecule has 1 aliphatic carbocycles. The van der Waals surface area contributed by atoms with Gasteiger partial charge in [0.05, 0.1) is 11.6 Å². The minimum atomic E-state index is 0.648. The lowest BCUT2D eigenvalue weighted by atomic mass is 10.0. The van der Waals surface area contributed by atoms with Crippen LogP contribution in [0.3, 0.4) is 0 Å². The van der Waals surface area contributed by atoms with Crippen LogP contribution in [0.1, 0.15) is 29.4 Å². The van der Waals surface area contributed by atoms with Crippen molar-refractivity contribution in [2.75, 3.05) is 7.11 Å². The van der Waals surface area contributed by atoms with Gasteiger partial charge in [-0.2, -0.15) is 0 Å². The van der Waals surface area contributed by atoms with E-state index in [0.717, 1.165) is 10.2 Å².